The van der Waals surface area contributed by atoms with E-state index < -0.39 is 24.5 Å². The maximum absolute atomic E-state index is 13.4. The first kappa shape index (κ1) is 24.8. The second-order valence-corrected chi connectivity index (χ2v) is 9.86. The van der Waals surface area contributed by atoms with Crippen LogP contribution in [-0.2, 0) is 30.3 Å². The number of likely N-dealkylation sites (tertiary alicyclic amines) is 1. The number of imide groups is 1. The van der Waals surface area contributed by atoms with Crippen molar-refractivity contribution in [2.45, 2.75) is 31.7 Å². The molecule has 2 aliphatic carbocycles. The highest BCUT2D eigenvalue weighted by Crippen LogP contribution is 2.56. The molecule has 37 heavy (non-hydrogen) atoms. The van der Waals surface area contributed by atoms with Gasteiger partial charge in [-0.25, -0.2) is 4.79 Å². The van der Waals surface area contributed by atoms with Crippen LogP contribution in [0, 0.1) is 23.7 Å². The summed E-state index contributed by atoms with van der Waals surface area (Å²) in [5, 5.41) is 2.65. The van der Waals surface area contributed by atoms with Crippen molar-refractivity contribution in [3.05, 3.63) is 54.1 Å². The zero-order chi connectivity index (χ0) is 26.1. The average Bonchev–Trinajstić information content (AvgIpc) is 3.60. The van der Waals surface area contributed by atoms with Crippen LogP contribution in [0.25, 0.3) is 0 Å². The van der Waals surface area contributed by atoms with Gasteiger partial charge >= 0.3 is 5.97 Å². The normalized spacial score (nSPS) is 24.5. The summed E-state index contributed by atoms with van der Waals surface area (Å²) in [6.45, 7) is -0.585. The number of nitrogens with one attached hydrogen (secondary N) is 1. The molecule has 2 bridgehead atoms. The van der Waals surface area contributed by atoms with Crippen LogP contribution in [0.5, 0.6) is 11.5 Å². The highest BCUT2D eigenvalue weighted by atomic mass is 16.5. The molecule has 5 atom stereocenters. The van der Waals surface area contributed by atoms with Crippen LogP contribution in [0.2, 0.25) is 0 Å². The van der Waals surface area contributed by atoms with E-state index in [1.165, 1.54) is 14.2 Å². The number of fused-ring (bicyclic) bond motifs is 5. The Labute approximate surface area is 215 Å². The van der Waals surface area contributed by atoms with Gasteiger partial charge in [0.15, 0.2) is 6.61 Å². The first-order valence-corrected chi connectivity index (χ1v) is 12.5. The summed E-state index contributed by atoms with van der Waals surface area (Å²) in [6, 6.07) is 13.0. The number of carbonyl (C=O) groups excluding carboxylic acids is 4. The lowest BCUT2D eigenvalue weighted by atomic mass is 9.81. The van der Waals surface area contributed by atoms with Crippen LogP contribution in [0.1, 0.15) is 24.8 Å². The SMILES string of the molecule is COc1ccc(OC)c(NC(=O)COC(=O)[C@H](Cc2ccccc2)N2C(=O)[C@@H]3[C@H]4CC[C@@H](C4)[C@H]3C2=O)c1. The Hall–Kier alpha value is -3.88. The van der Waals surface area contributed by atoms with Crippen LogP contribution >= 0.6 is 0 Å². The van der Waals surface area contributed by atoms with Crippen molar-refractivity contribution < 1.29 is 33.4 Å². The van der Waals surface area contributed by atoms with Crippen molar-refractivity contribution in [3.63, 3.8) is 0 Å². The van der Waals surface area contributed by atoms with Gasteiger partial charge in [0.25, 0.3) is 5.91 Å². The van der Waals surface area contributed by atoms with Gasteiger partial charge < -0.3 is 19.5 Å². The van der Waals surface area contributed by atoms with Gasteiger partial charge in [0.2, 0.25) is 11.8 Å². The summed E-state index contributed by atoms with van der Waals surface area (Å²) in [5.74, 6) is -1.31. The van der Waals surface area contributed by atoms with Gasteiger partial charge in [-0.3, -0.25) is 19.3 Å². The third-order valence-electron chi connectivity index (χ3n) is 7.84. The molecule has 3 fully saturated rings. The molecule has 1 saturated heterocycles. The topological polar surface area (TPSA) is 111 Å². The van der Waals surface area contributed by atoms with Crippen LogP contribution in [0.3, 0.4) is 0 Å². The van der Waals surface area contributed by atoms with Gasteiger partial charge in [-0.05, 0) is 48.8 Å². The van der Waals surface area contributed by atoms with Crippen LogP contribution in [-0.4, -0.2) is 55.5 Å². The maximum atomic E-state index is 13.4. The van der Waals surface area contributed by atoms with Gasteiger partial charge in [-0.2, -0.15) is 0 Å². The molecule has 2 aromatic rings. The number of hydrogen-bond acceptors (Lipinski definition) is 7. The van der Waals surface area contributed by atoms with Crippen molar-refractivity contribution in [1.29, 1.82) is 0 Å². The fraction of sp³-hybridized carbons (Fsp3) is 0.429. The molecule has 194 valence electrons. The zero-order valence-corrected chi connectivity index (χ0v) is 20.8. The summed E-state index contributed by atoms with van der Waals surface area (Å²) in [5.41, 5.74) is 1.15. The van der Waals surface area contributed by atoms with E-state index in [2.05, 4.69) is 5.32 Å². The summed E-state index contributed by atoms with van der Waals surface area (Å²) in [6.07, 6.45) is 2.92. The smallest absolute Gasteiger partial charge is 0.330 e. The number of rotatable bonds is 9. The minimum atomic E-state index is -1.13. The van der Waals surface area contributed by atoms with Crippen molar-refractivity contribution in [2.75, 3.05) is 26.1 Å². The van der Waals surface area contributed by atoms with Gasteiger partial charge in [-0.15, -0.1) is 0 Å². The molecule has 1 aliphatic heterocycles. The highest BCUT2D eigenvalue weighted by molar-refractivity contribution is 6.08. The molecule has 0 radical (unpaired) electrons. The van der Waals surface area contributed by atoms with E-state index in [9.17, 15) is 19.2 Å². The number of amides is 3. The Morgan fingerprint density at radius 3 is 2.27 bits per heavy atom. The number of benzene rings is 2. The van der Waals surface area contributed by atoms with Crippen LogP contribution < -0.4 is 14.8 Å². The molecule has 9 nitrogen and oxygen atoms in total. The largest absolute Gasteiger partial charge is 0.497 e. The van der Waals surface area contributed by atoms with Crippen molar-refractivity contribution >= 4 is 29.4 Å². The maximum Gasteiger partial charge on any atom is 0.330 e. The van der Waals surface area contributed by atoms with E-state index in [4.69, 9.17) is 14.2 Å². The molecule has 0 unspecified atom stereocenters. The number of anilines is 1. The van der Waals surface area contributed by atoms with Gasteiger partial charge in [0.05, 0.1) is 31.7 Å². The molecule has 0 spiro atoms. The Balaban J connectivity index is 1.31. The highest BCUT2D eigenvalue weighted by Gasteiger charge is 2.62. The number of carbonyl (C=O) groups is 4. The second kappa shape index (κ2) is 10.2. The molecule has 1 N–H and O–H groups in total. The summed E-state index contributed by atoms with van der Waals surface area (Å²) in [4.78, 5) is 53.9. The Morgan fingerprint density at radius 1 is 0.973 bits per heavy atom. The number of hydrogen-bond donors (Lipinski definition) is 1. The number of methoxy groups -OCH3 is 2. The van der Waals surface area contributed by atoms with Crippen LogP contribution in [0.4, 0.5) is 5.69 Å². The monoisotopic (exact) mass is 506 g/mol. The van der Waals surface area contributed by atoms with Crippen molar-refractivity contribution in [2.24, 2.45) is 23.7 Å². The predicted molar refractivity (Wildman–Crippen MR) is 133 cm³/mol. The first-order valence-electron chi connectivity index (χ1n) is 12.5. The Kier molecular flexibility index (Phi) is 6.86. The number of esters is 1. The molecule has 3 amide bonds. The quantitative estimate of drug-likeness (QED) is 0.411. The van der Waals surface area contributed by atoms with Crippen molar-refractivity contribution in [3.8, 4) is 11.5 Å². The van der Waals surface area contributed by atoms with E-state index in [0.29, 0.717) is 17.2 Å². The first-order chi connectivity index (χ1) is 17.9. The molecule has 1 heterocycles. The van der Waals surface area contributed by atoms with E-state index in [-0.39, 0.29) is 41.9 Å². The third-order valence-corrected chi connectivity index (χ3v) is 7.84. The zero-order valence-electron chi connectivity index (χ0n) is 20.8. The van der Waals surface area contributed by atoms with E-state index >= 15 is 0 Å². The molecule has 2 aromatic carbocycles. The minimum absolute atomic E-state index is 0.122. The number of ether oxygens (including phenoxy) is 3. The van der Waals surface area contributed by atoms with Gasteiger partial charge in [0.1, 0.15) is 17.5 Å². The summed E-state index contributed by atoms with van der Waals surface area (Å²) in [7, 11) is 2.97. The van der Waals surface area contributed by atoms with E-state index in [1.807, 2.05) is 30.3 Å². The molecular weight excluding hydrogens is 476 g/mol. The standard InChI is InChI=1S/C28H30N2O7/c1-35-19-10-11-22(36-2)20(14-19)29-23(31)15-37-28(34)21(12-16-6-4-3-5-7-16)30-26(32)24-17-8-9-18(13-17)25(24)27(30)33/h3-7,10-11,14,17-18,21,24-25H,8-9,12-13,15H2,1-2H3,(H,29,31)/t17-,18-,21-,24+,25+/m0/s1. The molecule has 0 aromatic heterocycles. The van der Waals surface area contributed by atoms with Gasteiger partial charge in [-0.1, -0.05) is 30.3 Å². The molecule has 5 rings (SSSR count). The molecule has 3 aliphatic rings. The average molecular weight is 507 g/mol. The lowest BCUT2D eigenvalue weighted by Crippen LogP contribution is -2.48. The fourth-order valence-electron chi connectivity index (χ4n) is 6.19. The summed E-state index contributed by atoms with van der Waals surface area (Å²) >= 11 is 0. The van der Waals surface area contributed by atoms with Gasteiger partial charge in [0, 0.05) is 12.5 Å². The Bertz CT molecular complexity index is 1190. The second-order valence-electron chi connectivity index (χ2n) is 9.86. The molecule has 2 saturated carbocycles. The fourth-order valence-corrected chi connectivity index (χ4v) is 6.19. The van der Waals surface area contributed by atoms with E-state index in [1.54, 1.807) is 18.2 Å². The third kappa shape index (κ3) is 4.65. The lowest BCUT2D eigenvalue weighted by Gasteiger charge is -2.26. The molecule has 9 heteroatoms. The lowest BCUT2D eigenvalue weighted by molar-refractivity contribution is -0.160. The minimum Gasteiger partial charge on any atom is -0.497 e. The van der Waals surface area contributed by atoms with Crippen LogP contribution in [0.15, 0.2) is 48.5 Å². The van der Waals surface area contributed by atoms with Crippen molar-refractivity contribution in [1.82, 2.24) is 4.90 Å². The number of nitrogens with zero attached hydrogens (tertiary/aromatic N) is 1. The predicted octanol–water partition coefficient (Wildman–Crippen LogP) is 2.83. The van der Waals surface area contributed by atoms with E-state index in [0.717, 1.165) is 29.7 Å². The Morgan fingerprint density at radius 2 is 1.65 bits per heavy atom. The molecular formula is C28H30N2O7. The summed E-state index contributed by atoms with van der Waals surface area (Å²) < 4.78 is 15.8.